The topological polar surface area (TPSA) is 41.5 Å². The summed E-state index contributed by atoms with van der Waals surface area (Å²) in [5, 5.41) is 12.5. The normalized spacial score (nSPS) is 12.4. The molecule has 0 aliphatic heterocycles. The van der Waals surface area contributed by atoms with E-state index in [0.29, 0.717) is 12.6 Å². The lowest BCUT2D eigenvalue weighted by Crippen LogP contribution is -2.23. The molecule has 3 heteroatoms. The smallest absolute Gasteiger partial charge is 0.117 e. The van der Waals surface area contributed by atoms with Gasteiger partial charge in [0.2, 0.25) is 0 Å². The van der Waals surface area contributed by atoms with E-state index < -0.39 is 0 Å². The molecule has 2 N–H and O–H groups in total. The van der Waals surface area contributed by atoms with Gasteiger partial charge < -0.3 is 15.2 Å². The van der Waals surface area contributed by atoms with Gasteiger partial charge in [-0.25, -0.2) is 0 Å². The van der Waals surface area contributed by atoms with Gasteiger partial charge >= 0.3 is 0 Å². The minimum absolute atomic E-state index is 0.280. The van der Waals surface area contributed by atoms with E-state index in [2.05, 4.69) is 12.2 Å². The van der Waals surface area contributed by atoms with Crippen LogP contribution in [0.4, 0.5) is 5.69 Å². The van der Waals surface area contributed by atoms with E-state index >= 15 is 0 Å². The lowest BCUT2D eigenvalue weighted by Gasteiger charge is -2.17. The van der Waals surface area contributed by atoms with Crippen LogP contribution in [-0.4, -0.2) is 24.9 Å². The quantitative estimate of drug-likeness (QED) is 0.757. The molecule has 1 aromatic rings. The molecule has 0 radical (unpaired) electrons. The Labute approximate surface area is 84.7 Å². The lowest BCUT2D eigenvalue weighted by molar-refractivity contribution is 0.184. The number of benzene rings is 1. The van der Waals surface area contributed by atoms with Crippen LogP contribution < -0.4 is 5.32 Å². The molecule has 14 heavy (non-hydrogen) atoms. The molecule has 0 heterocycles. The summed E-state index contributed by atoms with van der Waals surface area (Å²) in [6, 6.07) is 7.40. The van der Waals surface area contributed by atoms with Gasteiger partial charge in [0.15, 0.2) is 0 Å². The van der Waals surface area contributed by atoms with E-state index in [1.54, 1.807) is 19.2 Å². The molecule has 0 saturated carbocycles. The average Bonchev–Trinajstić information content (AvgIpc) is 2.17. The Kier molecular flexibility index (Phi) is 4.26. The van der Waals surface area contributed by atoms with E-state index in [1.165, 1.54) is 0 Å². The minimum atomic E-state index is 0.280. The third-order valence-electron chi connectivity index (χ3n) is 2.08. The molecule has 78 valence electrons. The van der Waals surface area contributed by atoms with E-state index in [9.17, 15) is 5.11 Å². The summed E-state index contributed by atoms with van der Waals surface area (Å²) in [7, 11) is 1.69. The van der Waals surface area contributed by atoms with Gasteiger partial charge in [0.25, 0.3) is 0 Å². The highest BCUT2D eigenvalue weighted by Gasteiger charge is 2.04. The Balaban J connectivity index is 2.57. The van der Waals surface area contributed by atoms with Crippen molar-refractivity contribution in [2.75, 3.05) is 19.0 Å². The number of methoxy groups -OCH3 is 1. The highest BCUT2D eigenvalue weighted by molar-refractivity contribution is 5.48. The van der Waals surface area contributed by atoms with Gasteiger partial charge in [-0.1, -0.05) is 13.0 Å². The van der Waals surface area contributed by atoms with Crippen molar-refractivity contribution in [1.82, 2.24) is 0 Å². The lowest BCUT2D eigenvalue weighted by atomic mass is 10.2. The van der Waals surface area contributed by atoms with Crippen LogP contribution >= 0.6 is 0 Å². The summed E-state index contributed by atoms with van der Waals surface area (Å²) in [6.45, 7) is 2.77. The molecular weight excluding hydrogens is 178 g/mol. The van der Waals surface area contributed by atoms with E-state index in [-0.39, 0.29) is 5.75 Å². The second-order valence-electron chi connectivity index (χ2n) is 3.26. The summed E-state index contributed by atoms with van der Waals surface area (Å²) < 4.78 is 5.07. The van der Waals surface area contributed by atoms with Crippen LogP contribution in [0.3, 0.4) is 0 Å². The van der Waals surface area contributed by atoms with Crippen LogP contribution in [-0.2, 0) is 4.74 Å². The van der Waals surface area contributed by atoms with Crippen LogP contribution in [0.1, 0.15) is 13.3 Å². The van der Waals surface area contributed by atoms with Gasteiger partial charge in [-0.3, -0.25) is 0 Å². The van der Waals surface area contributed by atoms with Crippen molar-refractivity contribution in [3.05, 3.63) is 24.3 Å². The zero-order valence-corrected chi connectivity index (χ0v) is 8.66. The molecule has 3 nitrogen and oxygen atoms in total. The molecule has 0 aromatic heterocycles. The van der Waals surface area contributed by atoms with E-state index in [4.69, 9.17) is 4.74 Å². The third kappa shape index (κ3) is 3.26. The molecule has 1 rings (SSSR count). The molecule has 0 aliphatic rings. The van der Waals surface area contributed by atoms with Crippen molar-refractivity contribution in [2.24, 2.45) is 0 Å². The van der Waals surface area contributed by atoms with Gasteiger partial charge in [0.05, 0.1) is 6.61 Å². The Bertz CT molecular complexity index is 276. The van der Waals surface area contributed by atoms with Gasteiger partial charge in [0, 0.05) is 24.9 Å². The second kappa shape index (κ2) is 5.50. The SMILES string of the molecule is CCC(COC)Nc1cccc(O)c1. The summed E-state index contributed by atoms with van der Waals surface area (Å²) in [4.78, 5) is 0. The molecule has 0 saturated heterocycles. The van der Waals surface area contributed by atoms with Gasteiger partial charge in [-0.2, -0.15) is 0 Å². The number of anilines is 1. The van der Waals surface area contributed by atoms with Crippen LogP contribution in [0.2, 0.25) is 0 Å². The first-order chi connectivity index (χ1) is 6.76. The summed E-state index contributed by atoms with van der Waals surface area (Å²) in [6.07, 6.45) is 0.990. The number of hydrogen-bond acceptors (Lipinski definition) is 3. The van der Waals surface area contributed by atoms with E-state index in [1.807, 2.05) is 12.1 Å². The number of nitrogens with one attached hydrogen (secondary N) is 1. The van der Waals surface area contributed by atoms with Crippen LogP contribution in [0.25, 0.3) is 0 Å². The zero-order valence-electron chi connectivity index (χ0n) is 8.66. The van der Waals surface area contributed by atoms with Crippen molar-refractivity contribution < 1.29 is 9.84 Å². The molecule has 0 amide bonds. The second-order valence-corrected chi connectivity index (χ2v) is 3.26. The molecule has 0 aliphatic carbocycles. The first-order valence-corrected chi connectivity index (χ1v) is 4.80. The summed E-state index contributed by atoms with van der Waals surface area (Å²) in [5.74, 6) is 0.280. The molecule has 1 atom stereocenters. The van der Waals surface area contributed by atoms with Gasteiger partial charge in [-0.05, 0) is 18.6 Å². The maximum Gasteiger partial charge on any atom is 0.117 e. The average molecular weight is 195 g/mol. The number of aromatic hydroxyl groups is 1. The highest BCUT2D eigenvalue weighted by atomic mass is 16.5. The Morgan fingerprint density at radius 2 is 2.29 bits per heavy atom. The number of phenolic OH excluding ortho intramolecular Hbond substituents is 1. The maximum atomic E-state index is 9.26. The van der Waals surface area contributed by atoms with Crippen molar-refractivity contribution in [1.29, 1.82) is 0 Å². The number of ether oxygens (including phenoxy) is 1. The fourth-order valence-corrected chi connectivity index (χ4v) is 1.29. The van der Waals surface area contributed by atoms with Crippen molar-refractivity contribution in [3.8, 4) is 5.75 Å². The zero-order chi connectivity index (χ0) is 10.4. The first kappa shape index (κ1) is 10.9. The van der Waals surface area contributed by atoms with Crippen molar-refractivity contribution >= 4 is 5.69 Å². The Morgan fingerprint density at radius 3 is 2.86 bits per heavy atom. The van der Waals surface area contributed by atoms with Crippen LogP contribution in [0.15, 0.2) is 24.3 Å². The largest absolute Gasteiger partial charge is 0.508 e. The molecule has 0 bridgehead atoms. The maximum absolute atomic E-state index is 9.26. The van der Waals surface area contributed by atoms with Crippen LogP contribution in [0, 0.1) is 0 Å². The van der Waals surface area contributed by atoms with Gasteiger partial charge in [0.1, 0.15) is 5.75 Å². The Hall–Kier alpha value is -1.22. The molecular formula is C11H17NO2. The number of hydrogen-bond donors (Lipinski definition) is 2. The first-order valence-electron chi connectivity index (χ1n) is 4.80. The Morgan fingerprint density at radius 1 is 1.50 bits per heavy atom. The van der Waals surface area contributed by atoms with E-state index in [0.717, 1.165) is 12.1 Å². The van der Waals surface area contributed by atoms with Gasteiger partial charge in [-0.15, -0.1) is 0 Å². The molecule has 0 fully saturated rings. The van der Waals surface area contributed by atoms with Crippen LogP contribution in [0.5, 0.6) is 5.75 Å². The monoisotopic (exact) mass is 195 g/mol. The standard InChI is InChI=1S/C11H17NO2/c1-3-9(8-14-2)12-10-5-4-6-11(13)7-10/h4-7,9,12-13H,3,8H2,1-2H3. The number of rotatable bonds is 5. The summed E-state index contributed by atoms with van der Waals surface area (Å²) in [5.41, 5.74) is 0.925. The fraction of sp³-hybridized carbons (Fsp3) is 0.455. The molecule has 0 spiro atoms. The highest BCUT2D eigenvalue weighted by Crippen LogP contribution is 2.16. The molecule has 1 unspecified atom stereocenters. The molecule has 1 aromatic carbocycles. The summed E-state index contributed by atoms with van der Waals surface area (Å²) >= 11 is 0. The fourth-order valence-electron chi connectivity index (χ4n) is 1.29. The number of phenols is 1. The predicted octanol–water partition coefficient (Wildman–Crippen LogP) is 2.23. The predicted molar refractivity (Wildman–Crippen MR) is 57.7 cm³/mol. The third-order valence-corrected chi connectivity index (χ3v) is 2.08. The minimum Gasteiger partial charge on any atom is -0.508 e. The van der Waals surface area contributed by atoms with Crippen molar-refractivity contribution in [3.63, 3.8) is 0 Å². The van der Waals surface area contributed by atoms with Crippen molar-refractivity contribution in [2.45, 2.75) is 19.4 Å².